The molecule has 2 aromatic rings. The van der Waals surface area contributed by atoms with Gasteiger partial charge in [-0.15, -0.1) is 0 Å². The zero-order chi connectivity index (χ0) is 30.8. The lowest BCUT2D eigenvalue weighted by Crippen LogP contribution is -2.57. The van der Waals surface area contributed by atoms with E-state index in [1.807, 2.05) is 6.92 Å². The molecule has 42 heavy (non-hydrogen) atoms. The minimum atomic E-state index is -3.59. The van der Waals surface area contributed by atoms with Crippen molar-refractivity contribution in [2.45, 2.75) is 83.3 Å². The molecule has 11 nitrogen and oxygen atoms in total. The Hall–Kier alpha value is -3.87. The molecule has 4 rings (SSSR count). The van der Waals surface area contributed by atoms with Crippen LogP contribution in [-0.4, -0.2) is 81.5 Å². The van der Waals surface area contributed by atoms with E-state index < -0.39 is 65.2 Å². The van der Waals surface area contributed by atoms with Crippen molar-refractivity contribution in [3.05, 3.63) is 42.6 Å². The molecule has 0 spiro atoms. The first-order chi connectivity index (χ1) is 19.7. The first kappa shape index (κ1) is 31.1. The van der Waals surface area contributed by atoms with Gasteiger partial charge in [0.2, 0.25) is 11.8 Å². The van der Waals surface area contributed by atoms with Crippen LogP contribution in [0.1, 0.15) is 52.7 Å². The lowest BCUT2D eigenvalue weighted by molar-refractivity contribution is -0.150. The molecule has 13 heteroatoms. The van der Waals surface area contributed by atoms with Crippen LogP contribution < -0.4 is 10.1 Å². The molecule has 0 bridgehead atoms. The summed E-state index contributed by atoms with van der Waals surface area (Å²) in [5, 5.41) is 12.5. The van der Waals surface area contributed by atoms with E-state index in [1.165, 1.54) is 6.07 Å². The maximum absolute atomic E-state index is 14.8. The number of likely N-dealkylation sites (tertiary alicyclic amines) is 1. The van der Waals surface area contributed by atoms with Crippen LogP contribution in [0, 0.1) is 5.41 Å². The number of nitrogens with zero attached hydrogens (tertiary/aromatic N) is 3. The summed E-state index contributed by atoms with van der Waals surface area (Å²) in [6.07, 6.45) is -0.875. The Balaban J connectivity index is 1.55. The van der Waals surface area contributed by atoms with E-state index in [4.69, 9.17) is 14.2 Å². The minimum absolute atomic E-state index is 0.200. The van der Waals surface area contributed by atoms with Gasteiger partial charge in [-0.2, -0.15) is 8.78 Å². The molecule has 1 aliphatic heterocycles. The fourth-order valence-corrected chi connectivity index (χ4v) is 4.98. The number of ether oxygens (including phenoxy) is 3. The molecule has 1 saturated heterocycles. The topological polar surface area (TPSA) is 140 Å². The predicted molar refractivity (Wildman–Crippen MR) is 147 cm³/mol. The SMILES string of the molecule is C=CC(F)(F)c1nc2ccccc2nc1O[C@@H]1C[C@@H](C(=O)O)N(C(=O)[C@@H](NC(=O)O[C@@H]2CC[C@H]2OCC)C(C)(C)C)C1. The fourth-order valence-electron chi connectivity index (χ4n) is 4.98. The van der Waals surface area contributed by atoms with Gasteiger partial charge in [0.25, 0.3) is 0 Å². The number of carboxylic acid groups (broad SMARTS) is 1. The molecule has 2 heterocycles. The number of allylic oxidation sites excluding steroid dienone is 1. The van der Waals surface area contributed by atoms with E-state index in [0.717, 1.165) is 11.3 Å². The van der Waals surface area contributed by atoms with Crippen LogP contribution in [0.15, 0.2) is 36.9 Å². The average molecular weight is 591 g/mol. The molecule has 2 N–H and O–H groups in total. The van der Waals surface area contributed by atoms with Crippen LogP contribution in [0.25, 0.3) is 11.0 Å². The summed E-state index contributed by atoms with van der Waals surface area (Å²) in [4.78, 5) is 48.1. The van der Waals surface area contributed by atoms with Gasteiger partial charge in [-0.1, -0.05) is 39.5 Å². The second kappa shape index (κ2) is 12.2. The van der Waals surface area contributed by atoms with E-state index in [9.17, 15) is 28.3 Å². The van der Waals surface area contributed by atoms with Crippen LogP contribution >= 0.6 is 0 Å². The number of aromatic nitrogens is 2. The largest absolute Gasteiger partial charge is 0.480 e. The molecule has 0 radical (unpaired) electrons. The van der Waals surface area contributed by atoms with Crippen molar-refractivity contribution >= 4 is 29.0 Å². The predicted octanol–water partition coefficient (Wildman–Crippen LogP) is 4.05. The molecule has 1 aromatic carbocycles. The van der Waals surface area contributed by atoms with E-state index >= 15 is 0 Å². The normalized spacial score (nSPS) is 23.1. The van der Waals surface area contributed by atoms with Gasteiger partial charge in [0.05, 0.1) is 23.7 Å². The van der Waals surface area contributed by atoms with Crippen molar-refractivity contribution in [3.8, 4) is 5.88 Å². The molecule has 1 saturated carbocycles. The molecular weight excluding hydrogens is 554 g/mol. The van der Waals surface area contributed by atoms with Crippen LogP contribution in [-0.2, 0) is 25.0 Å². The standard InChI is InChI=1S/C29H36F2N4O7/c1-6-29(30,31)22-24(33-18-11-9-8-10-17(18)32-22)41-16-14-19(26(37)38)35(15-16)25(36)23(28(3,4)5)34-27(39)42-21-13-12-20(21)40-7-2/h6,8-11,16,19-21,23H,1,7,12-15H2,2-5H3,(H,34,39)(H,37,38)/t16-,19+,20-,21-,23-/m1/s1. The van der Waals surface area contributed by atoms with E-state index in [-0.39, 0.29) is 24.6 Å². The van der Waals surface area contributed by atoms with E-state index in [0.29, 0.717) is 24.6 Å². The quantitative estimate of drug-likeness (QED) is 0.392. The molecule has 2 aliphatic rings. The molecule has 1 aromatic heterocycles. The highest BCUT2D eigenvalue weighted by molar-refractivity contribution is 5.90. The highest BCUT2D eigenvalue weighted by atomic mass is 19.3. The lowest BCUT2D eigenvalue weighted by Gasteiger charge is -2.37. The monoisotopic (exact) mass is 590 g/mol. The summed E-state index contributed by atoms with van der Waals surface area (Å²) in [6.45, 7) is 10.4. The van der Waals surface area contributed by atoms with Crippen molar-refractivity contribution in [1.29, 1.82) is 0 Å². The van der Waals surface area contributed by atoms with Crippen molar-refractivity contribution < 1.29 is 42.5 Å². The van der Waals surface area contributed by atoms with Gasteiger partial charge in [-0.25, -0.2) is 19.6 Å². The van der Waals surface area contributed by atoms with E-state index in [1.54, 1.807) is 39.0 Å². The number of aliphatic carboxylic acids is 1. The van der Waals surface area contributed by atoms with Gasteiger partial charge in [0, 0.05) is 13.0 Å². The zero-order valence-electron chi connectivity index (χ0n) is 24.0. The summed E-state index contributed by atoms with van der Waals surface area (Å²) in [7, 11) is 0. The number of hydrogen-bond donors (Lipinski definition) is 2. The highest BCUT2D eigenvalue weighted by Crippen LogP contribution is 2.36. The number of nitrogens with one attached hydrogen (secondary N) is 1. The van der Waals surface area contributed by atoms with Gasteiger partial charge < -0.3 is 29.5 Å². The summed E-state index contributed by atoms with van der Waals surface area (Å²) in [5.41, 5.74) is -1.09. The molecule has 2 fully saturated rings. The Bertz CT molecular complexity index is 1350. The Kier molecular flexibility index (Phi) is 9.00. The van der Waals surface area contributed by atoms with Crippen molar-refractivity contribution in [2.75, 3.05) is 13.2 Å². The zero-order valence-corrected chi connectivity index (χ0v) is 24.0. The number of rotatable bonds is 10. The Morgan fingerprint density at radius 2 is 1.81 bits per heavy atom. The first-order valence-corrected chi connectivity index (χ1v) is 13.8. The number of benzene rings is 1. The summed E-state index contributed by atoms with van der Waals surface area (Å²) in [6, 6.07) is 3.90. The van der Waals surface area contributed by atoms with Crippen molar-refractivity contribution in [3.63, 3.8) is 0 Å². The molecule has 1 aliphatic carbocycles. The Morgan fingerprint density at radius 3 is 2.36 bits per heavy atom. The third-order valence-corrected chi connectivity index (χ3v) is 7.38. The maximum Gasteiger partial charge on any atom is 0.408 e. The number of carbonyl (C=O) groups excluding carboxylic acids is 2. The number of carboxylic acids is 1. The minimum Gasteiger partial charge on any atom is -0.480 e. The van der Waals surface area contributed by atoms with Crippen LogP contribution in [0.3, 0.4) is 0 Å². The van der Waals surface area contributed by atoms with Gasteiger partial charge in [0.1, 0.15) is 24.3 Å². The second-order valence-electron chi connectivity index (χ2n) is 11.5. The highest BCUT2D eigenvalue weighted by Gasteiger charge is 2.47. The smallest absolute Gasteiger partial charge is 0.408 e. The third kappa shape index (κ3) is 6.61. The number of hydrogen-bond acceptors (Lipinski definition) is 8. The number of para-hydroxylation sites is 2. The fraction of sp³-hybridized carbons (Fsp3) is 0.552. The van der Waals surface area contributed by atoms with Gasteiger partial charge in [0.15, 0.2) is 5.69 Å². The number of carbonyl (C=O) groups is 3. The van der Waals surface area contributed by atoms with Crippen molar-refractivity contribution in [2.24, 2.45) is 5.41 Å². The summed E-state index contributed by atoms with van der Waals surface area (Å²) < 4.78 is 46.4. The van der Waals surface area contributed by atoms with Crippen LogP contribution in [0.2, 0.25) is 0 Å². The molecule has 0 unspecified atom stereocenters. The lowest BCUT2D eigenvalue weighted by atomic mass is 9.85. The number of halogens is 2. The van der Waals surface area contributed by atoms with Crippen LogP contribution in [0.4, 0.5) is 13.6 Å². The molecule has 5 atom stereocenters. The summed E-state index contributed by atoms with van der Waals surface area (Å²) in [5.74, 6) is -6.05. The average Bonchev–Trinajstić information content (AvgIpc) is 3.35. The third-order valence-electron chi connectivity index (χ3n) is 7.38. The number of alkyl halides is 2. The number of fused-ring (bicyclic) bond motifs is 1. The molecular formula is C29H36F2N4O7. The van der Waals surface area contributed by atoms with Gasteiger partial charge in [-0.3, -0.25) is 4.79 Å². The Labute approximate surface area is 242 Å². The number of alkyl carbamates (subject to hydrolysis) is 1. The number of amides is 2. The first-order valence-electron chi connectivity index (χ1n) is 13.8. The maximum atomic E-state index is 14.8. The van der Waals surface area contributed by atoms with E-state index in [2.05, 4.69) is 21.9 Å². The van der Waals surface area contributed by atoms with Gasteiger partial charge in [-0.05, 0) is 43.4 Å². The summed E-state index contributed by atoms with van der Waals surface area (Å²) >= 11 is 0. The Morgan fingerprint density at radius 1 is 1.17 bits per heavy atom. The molecule has 2 amide bonds. The van der Waals surface area contributed by atoms with Gasteiger partial charge >= 0.3 is 18.0 Å². The van der Waals surface area contributed by atoms with Crippen molar-refractivity contribution in [1.82, 2.24) is 20.2 Å². The molecule has 228 valence electrons. The van der Waals surface area contributed by atoms with Crippen LogP contribution in [0.5, 0.6) is 5.88 Å². The second-order valence-corrected chi connectivity index (χ2v) is 11.5.